The number of para-hydroxylation sites is 1. The van der Waals surface area contributed by atoms with Gasteiger partial charge in [-0.3, -0.25) is 4.68 Å². The molecule has 0 spiro atoms. The number of fused-ring (bicyclic) bond motifs is 3. The van der Waals surface area contributed by atoms with E-state index in [9.17, 15) is 0 Å². The molecular weight excluding hydrogens is 699 g/mol. The molecule has 7 heteroatoms. The number of pyridine rings is 1. The molecule has 0 N–H and O–H groups in total. The van der Waals surface area contributed by atoms with Crippen molar-refractivity contribution in [3.05, 3.63) is 125 Å². The summed E-state index contributed by atoms with van der Waals surface area (Å²) in [6, 6.07) is 31.9. The van der Waals surface area contributed by atoms with Gasteiger partial charge in [0.1, 0.15) is 11.6 Å². The third kappa shape index (κ3) is 6.18. The Hall–Kier alpha value is -4.70. The van der Waals surface area contributed by atoms with E-state index >= 15 is 0 Å². The van der Waals surface area contributed by atoms with E-state index in [1.807, 2.05) is 41.1 Å². The van der Waals surface area contributed by atoms with Crippen molar-refractivity contribution in [1.29, 1.82) is 0 Å². The summed E-state index contributed by atoms with van der Waals surface area (Å²) in [7, 11) is 1.66. The zero-order valence-electron chi connectivity index (χ0n) is 29.4. The summed E-state index contributed by atoms with van der Waals surface area (Å²) in [5, 5.41) is 7.20. The van der Waals surface area contributed by atoms with Crippen molar-refractivity contribution < 1.29 is 29.9 Å². The van der Waals surface area contributed by atoms with E-state index in [0.29, 0.717) is 11.5 Å². The van der Waals surface area contributed by atoms with Crippen LogP contribution >= 0.6 is 0 Å². The summed E-state index contributed by atoms with van der Waals surface area (Å²) in [5.74, 6) is 2.66. The molecule has 7 aromatic rings. The van der Waals surface area contributed by atoms with Gasteiger partial charge in [-0.1, -0.05) is 63.5 Å². The molecule has 0 fully saturated rings. The Morgan fingerprint density at radius 1 is 0.755 bits per heavy atom. The topological polar surface area (TPSA) is 54.1 Å². The number of hydrogen-bond donors (Lipinski definition) is 0. The quantitative estimate of drug-likeness (QED) is 0.126. The first kappa shape index (κ1) is 34.2. The van der Waals surface area contributed by atoms with E-state index in [4.69, 9.17) is 14.6 Å². The van der Waals surface area contributed by atoms with Crippen LogP contribution in [0.4, 0.5) is 0 Å². The third-order valence-electron chi connectivity index (χ3n) is 9.10. The standard InChI is InChI=1S/C42H40N4O2.Pd/c1-25-18-31(46-29(5)41(28(4)44-46)40-26(2)20-30(21-27(40)3)42(6,7)8)22-34(19-25)48-33-14-15-36-35-12-10-11-13-37(35)45(38(36)23-33)39-24-32(47-9)16-17-43-39;/h10-21,24H,1-9H3;/q-2;+2. The van der Waals surface area contributed by atoms with Gasteiger partial charge in [0.15, 0.2) is 0 Å². The fourth-order valence-electron chi connectivity index (χ4n) is 6.80. The Morgan fingerprint density at radius 3 is 2.20 bits per heavy atom. The second-order valence-electron chi connectivity index (χ2n) is 13.7. The molecule has 0 amide bonds. The van der Waals surface area contributed by atoms with Crippen LogP contribution in [-0.4, -0.2) is 26.4 Å². The summed E-state index contributed by atoms with van der Waals surface area (Å²) >= 11 is 0. The second kappa shape index (κ2) is 13.0. The van der Waals surface area contributed by atoms with E-state index in [-0.39, 0.29) is 25.8 Å². The van der Waals surface area contributed by atoms with Gasteiger partial charge in [0.25, 0.3) is 0 Å². The fraction of sp³-hybridized carbons (Fsp3) is 0.238. The number of hydrogen-bond acceptors (Lipinski definition) is 4. The zero-order chi connectivity index (χ0) is 33.9. The number of nitrogens with zero attached hydrogens (tertiary/aromatic N) is 4. The Balaban J connectivity index is 0.00000417. The van der Waals surface area contributed by atoms with Gasteiger partial charge >= 0.3 is 20.4 Å². The number of rotatable bonds is 6. The summed E-state index contributed by atoms with van der Waals surface area (Å²) in [6.45, 7) is 17.5. The predicted octanol–water partition coefficient (Wildman–Crippen LogP) is 10.3. The summed E-state index contributed by atoms with van der Waals surface area (Å²) in [5.41, 5.74) is 12.2. The summed E-state index contributed by atoms with van der Waals surface area (Å²) in [4.78, 5) is 4.67. The van der Waals surface area contributed by atoms with Gasteiger partial charge in [-0.05, 0) is 78.6 Å². The molecule has 49 heavy (non-hydrogen) atoms. The van der Waals surface area contributed by atoms with E-state index in [1.165, 1.54) is 27.8 Å². The molecule has 3 aromatic heterocycles. The van der Waals surface area contributed by atoms with Gasteiger partial charge in [0, 0.05) is 40.5 Å². The maximum atomic E-state index is 6.50. The second-order valence-corrected chi connectivity index (χ2v) is 13.7. The molecule has 0 radical (unpaired) electrons. The van der Waals surface area contributed by atoms with Crippen molar-refractivity contribution in [1.82, 2.24) is 19.3 Å². The molecule has 0 aliphatic rings. The van der Waals surface area contributed by atoms with Gasteiger partial charge < -0.3 is 14.0 Å². The van der Waals surface area contributed by atoms with Crippen LogP contribution in [0.1, 0.15) is 54.4 Å². The van der Waals surface area contributed by atoms with Crippen molar-refractivity contribution in [3.63, 3.8) is 0 Å². The molecule has 4 aromatic carbocycles. The number of aromatic nitrogens is 4. The minimum absolute atomic E-state index is 0. The molecule has 0 atom stereocenters. The van der Waals surface area contributed by atoms with Crippen molar-refractivity contribution in [2.24, 2.45) is 0 Å². The van der Waals surface area contributed by atoms with Crippen molar-refractivity contribution in [2.45, 2.75) is 60.8 Å². The Bertz CT molecular complexity index is 2340. The van der Waals surface area contributed by atoms with Crippen molar-refractivity contribution >= 4 is 21.8 Å². The third-order valence-corrected chi connectivity index (χ3v) is 9.10. The molecule has 0 aliphatic heterocycles. The van der Waals surface area contributed by atoms with Crippen LogP contribution in [0, 0.1) is 46.8 Å². The van der Waals surface area contributed by atoms with Crippen LogP contribution in [0.3, 0.4) is 0 Å². The molecule has 250 valence electrons. The number of benzene rings is 4. The minimum Gasteiger partial charge on any atom is -0.509 e. The van der Waals surface area contributed by atoms with Crippen LogP contribution in [0.2, 0.25) is 0 Å². The monoisotopic (exact) mass is 738 g/mol. The molecule has 0 saturated carbocycles. The van der Waals surface area contributed by atoms with Gasteiger partial charge in [0.2, 0.25) is 0 Å². The largest absolute Gasteiger partial charge is 2.00 e. The first-order chi connectivity index (χ1) is 22.9. The molecule has 0 unspecified atom stereocenters. The number of methoxy groups -OCH3 is 1. The SMILES string of the molecule is COc1ccnc(-n2c3[c-]c(Oc4[c-]c(-n5nc(C)c(-c6c(C)cc(C(C)(C)C)cc6C)c5C)cc(C)c4)ccc3c3ccccc32)c1.[Pd+2]. The summed E-state index contributed by atoms with van der Waals surface area (Å²) < 4.78 is 16.1. The Morgan fingerprint density at radius 2 is 1.49 bits per heavy atom. The number of ether oxygens (including phenoxy) is 2. The molecular formula is C42H40N4O2Pd. The van der Waals surface area contributed by atoms with E-state index < -0.39 is 0 Å². The average molecular weight is 739 g/mol. The van der Waals surface area contributed by atoms with Crippen molar-refractivity contribution in [3.8, 4) is 39.9 Å². The predicted molar refractivity (Wildman–Crippen MR) is 194 cm³/mol. The van der Waals surface area contributed by atoms with Crippen LogP contribution in [0.25, 0.3) is 44.4 Å². The molecule has 7 rings (SSSR count). The van der Waals surface area contributed by atoms with Crippen LogP contribution in [-0.2, 0) is 25.8 Å². The van der Waals surface area contributed by atoms with Crippen LogP contribution in [0.5, 0.6) is 17.2 Å². The van der Waals surface area contributed by atoms with E-state index in [2.05, 4.69) is 113 Å². The molecule has 6 nitrogen and oxygen atoms in total. The number of aryl methyl sites for hydroxylation is 4. The molecule has 0 saturated heterocycles. The minimum atomic E-state index is 0. The first-order valence-electron chi connectivity index (χ1n) is 16.3. The van der Waals surface area contributed by atoms with Gasteiger partial charge in [-0.25, -0.2) is 4.98 Å². The van der Waals surface area contributed by atoms with E-state index in [0.717, 1.165) is 56.0 Å². The Labute approximate surface area is 302 Å². The molecule has 3 heterocycles. The van der Waals surface area contributed by atoms with Gasteiger partial charge in [0.05, 0.1) is 12.8 Å². The van der Waals surface area contributed by atoms with E-state index in [1.54, 1.807) is 13.3 Å². The van der Waals surface area contributed by atoms with Gasteiger partial charge in [-0.2, -0.15) is 16.7 Å². The average Bonchev–Trinajstić information content (AvgIpc) is 3.53. The molecule has 0 aliphatic carbocycles. The first-order valence-corrected chi connectivity index (χ1v) is 16.3. The Kier molecular flexibility index (Phi) is 9.04. The van der Waals surface area contributed by atoms with Crippen LogP contribution < -0.4 is 9.47 Å². The molecule has 0 bridgehead atoms. The van der Waals surface area contributed by atoms with Crippen molar-refractivity contribution in [2.75, 3.05) is 7.11 Å². The maximum Gasteiger partial charge on any atom is 2.00 e. The smallest absolute Gasteiger partial charge is 0.509 e. The summed E-state index contributed by atoms with van der Waals surface area (Å²) in [6.07, 6.45) is 1.76. The maximum absolute atomic E-state index is 6.50. The van der Waals surface area contributed by atoms with Crippen LogP contribution in [0.15, 0.2) is 79.0 Å². The fourth-order valence-corrected chi connectivity index (χ4v) is 6.80. The van der Waals surface area contributed by atoms with Gasteiger partial charge in [-0.15, -0.1) is 35.7 Å². The normalized spacial score (nSPS) is 11.6. The zero-order valence-corrected chi connectivity index (χ0v) is 31.0.